The number of hydrogen-bond acceptors (Lipinski definition) is 7. The molecule has 0 radical (unpaired) electrons. The van der Waals surface area contributed by atoms with E-state index in [2.05, 4.69) is 26.1 Å². The summed E-state index contributed by atoms with van der Waals surface area (Å²) in [5.41, 5.74) is -0.191. The van der Waals surface area contributed by atoms with E-state index in [9.17, 15) is 33.1 Å². The van der Waals surface area contributed by atoms with Crippen molar-refractivity contribution in [2.24, 2.45) is 46.3 Å². The number of nitrogens with one attached hydrogen (secondary N) is 1. The maximum atomic E-state index is 12.7. The third kappa shape index (κ3) is 7.95. The molecule has 6 N–H and O–H groups in total. The number of quaternary nitrogens is 1. The van der Waals surface area contributed by atoms with Crippen LogP contribution in [-0.2, 0) is 14.9 Å². The molecular formula is C32H60N2O8S. The zero-order valence-electron chi connectivity index (χ0n) is 27.1. The highest BCUT2D eigenvalue weighted by Crippen LogP contribution is 2.68. The topological polar surface area (TPSA) is 178 Å². The molecule has 0 aromatic rings. The van der Waals surface area contributed by atoms with E-state index >= 15 is 0 Å². The monoisotopic (exact) mass is 632 g/mol. The molecule has 0 saturated heterocycles. The van der Waals surface area contributed by atoms with Crippen LogP contribution in [0.25, 0.3) is 0 Å². The average molecular weight is 633 g/mol. The predicted molar refractivity (Wildman–Crippen MR) is 165 cm³/mol. The summed E-state index contributed by atoms with van der Waals surface area (Å²) in [4.78, 5) is 12.7. The Bertz CT molecular complexity index is 1060. The van der Waals surface area contributed by atoms with Gasteiger partial charge >= 0.3 is 0 Å². The van der Waals surface area contributed by atoms with Crippen LogP contribution in [0, 0.1) is 46.3 Å². The van der Waals surface area contributed by atoms with E-state index in [0.717, 1.165) is 64.3 Å². The Morgan fingerprint density at radius 2 is 1.70 bits per heavy atom. The summed E-state index contributed by atoms with van der Waals surface area (Å²) in [6.07, 6.45) is 7.35. The SMILES string of the molecule is C[C@H](CCC(=O)NCCC[N+](C)(C)CCCS(=O)(=O)[O-])[C@H]1CCC2C3C(C[C@H](O)[C@@]21C)[C@@]1(C)CC[C@@H](O)C[C@H]1C[C@H]3O.O. The normalized spacial score (nSPS) is 40.0. The van der Waals surface area contributed by atoms with Gasteiger partial charge in [-0.2, -0.15) is 0 Å². The second kappa shape index (κ2) is 13.9. The van der Waals surface area contributed by atoms with Crippen molar-refractivity contribution in [2.45, 2.75) is 110 Å². The molecule has 0 bridgehead atoms. The van der Waals surface area contributed by atoms with Gasteiger partial charge in [-0.1, -0.05) is 20.8 Å². The van der Waals surface area contributed by atoms with Crippen molar-refractivity contribution in [1.82, 2.24) is 5.32 Å². The van der Waals surface area contributed by atoms with E-state index in [1.807, 2.05) is 14.1 Å². The summed E-state index contributed by atoms with van der Waals surface area (Å²) >= 11 is 0. The first-order chi connectivity index (χ1) is 19.5. The number of amides is 1. The average Bonchev–Trinajstić information content (AvgIpc) is 3.24. The van der Waals surface area contributed by atoms with E-state index in [4.69, 9.17) is 0 Å². The highest BCUT2D eigenvalue weighted by molar-refractivity contribution is 7.85. The Morgan fingerprint density at radius 1 is 1.02 bits per heavy atom. The van der Waals surface area contributed by atoms with E-state index < -0.39 is 16.2 Å². The summed E-state index contributed by atoms with van der Waals surface area (Å²) in [5.74, 6) is 1.38. The fourth-order valence-electron chi connectivity index (χ4n) is 10.3. The number of aliphatic hydroxyl groups excluding tert-OH is 3. The molecule has 4 fully saturated rings. The number of carbonyl (C=O) groups excluding carboxylic acids is 1. The van der Waals surface area contributed by atoms with Gasteiger partial charge in [0.1, 0.15) is 0 Å². The standard InChI is InChI=1S/C32H58N2O7S.H2O/c1-21(8-11-29(38)33-14-6-15-34(4,5)16-7-17-42(39,40)41)24-9-10-25-30-26(20-28(37)32(24,25)3)31(2)13-12-23(35)18-22(31)19-27(30)36;/h21-28,30,35-37H,6-20H2,1-5H3,(H-,33,38,39,40,41);1H2/t21-,22+,23-,24-,25?,26?,27-,28+,30?,31+,32-;/m1./s1. The van der Waals surface area contributed by atoms with Crippen molar-refractivity contribution in [1.29, 1.82) is 0 Å². The summed E-state index contributed by atoms with van der Waals surface area (Å²) in [5, 5.41) is 36.6. The van der Waals surface area contributed by atoms with Gasteiger partial charge in [-0.15, -0.1) is 0 Å². The largest absolute Gasteiger partial charge is 0.748 e. The smallest absolute Gasteiger partial charge is 0.220 e. The maximum Gasteiger partial charge on any atom is 0.220 e. The molecule has 43 heavy (non-hydrogen) atoms. The Hall–Kier alpha value is -0.820. The Balaban J connectivity index is 0.00000506. The lowest BCUT2D eigenvalue weighted by molar-refractivity contribution is -0.890. The van der Waals surface area contributed by atoms with Crippen LogP contribution in [-0.4, -0.2) is 102 Å². The highest BCUT2D eigenvalue weighted by atomic mass is 32.2. The second-order valence-corrected chi connectivity index (χ2v) is 17.3. The second-order valence-electron chi connectivity index (χ2n) is 15.7. The van der Waals surface area contributed by atoms with Crippen molar-refractivity contribution in [3.63, 3.8) is 0 Å². The molecule has 4 aliphatic carbocycles. The number of carbonyl (C=O) groups is 1. The first-order valence-electron chi connectivity index (χ1n) is 16.5. The number of nitrogens with zero attached hydrogens (tertiary/aromatic N) is 1. The first kappa shape index (κ1) is 36.6. The van der Waals surface area contributed by atoms with Crippen LogP contribution >= 0.6 is 0 Å². The van der Waals surface area contributed by atoms with Gasteiger partial charge < -0.3 is 35.1 Å². The molecule has 3 unspecified atom stereocenters. The van der Waals surface area contributed by atoms with Crippen LogP contribution in [0.3, 0.4) is 0 Å². The minimum Gasteiger partial charge on any atom is -0.748 e. The lowest BCUT2D eigenvalue weighted by Crippen LogP contribution is -2.62. The molecule has 4 aliphatic rings. The van der Waals surface area contributed by atoms with Gasteiger partial charge in [-0.05, 0) is 97.7 Å². The zero-order valence-corrected chi connectivity index (χ0v) is 27.9. The van der Waals surface area contributed by atoms with Crippen LogP contribution in [0.2, 0.25) is 0 Å². The molecule has 11 atom stereocenters. The molecule has 4 saturated carbocycles. The van der Waals surface area contributed by atoms with Crippen LogP contribution in [0.1, 0.15) is 91.4 Å². The molecule has 1 amide bonds. The third-order valence-corrected chi connectivity index (χ3v) is 13.6. The van der Waals surface area contributed by atoms with Crippen molar-refractivity contribution in [2.75, 3.05) is 39.5 Å². The molecule has 0 heterocycles. The minimum absolute atomic E-state index is 0. The van der Waals surface area contributed by atoms with Crippen LogP contribution in [0.15, 0.2) is 0 Å². The lowest BCUT2D eigenvalue weighted by Gasteiger charge is -2.63. The van der Waals surface area contributed by atoms with Gasteiger partial charge in [0.25, 0.3) is 0 Å². The van der Waals surface area contributed by atoms with Crippen molar-refractivity contribution in [3.05, 3.63) is 0 Å². The van der Waals surface area contributed by atoms with Crippen molar-refractivity contribution in [3.8, 4) is 0 Å². The zero-order chi connectivity index (χ0) is 31.1. The van der Waals surface area contributed by atoms with Gasteiger partial charge in [-0.3, -0.25) is 4.79 Å². The van der Waals surface area contributed by atoms with E-state index in [1.165, 1.54) is 0 Å². The quantitative estimate of drug-likeness (QED) is 0.144. The van der Waals surface area contributed by atoms with E-state index in [-0.39, 0.29) is 57.9 Å². The molecule has 10 nitrogen and oxygen atoms in total. The molecule has 4 rings (SSSR count). The van der Waals surface area contributed by atoms with Crippen LogP contribution in [0.5, 0.6) is 0 Å². The van der Waals surface area contributed by atoms with Crippen LogP contribution in [0.4, 0.5) is 0 Å². The molecule has 0 spiro atoms. The third-order valence-electron chi connectivity index (χ3n) is 12.8. The van der Waals surface area contributed by atoms with Gasteiger partial charge in [0, 0.05) is 31.6 Å². The molecule has 252 valence electrons. The summed E-state index contributed by atoms with van der Waals surface area (Å²) in [7, 11) is -0.177. The van der Waals surface area contributed by atoms with Crippen molar-refractivity contribution < 1.29 is 43.0 Å². The van der Waals surface area contributed by atoms with Gasteiger partial charge in [0.2, 0.25) is 5.91 Å². The summed E-state index contributed by atoms with van der Waals surface area (Å²) in [6.45, 7) is 8.78. The summed E-state index contributed by atoms with van der Waals surface area (Å²) in [6, 6.07) is 0. The van der Waals surface area contributed by atoms with Crippen molar-refractivity contribution >= 4 is 16.0 Å². The van der Waals surface area contributed by atoms with Crippen LogP contribution < -0.4 is 5.32 Å². The van der Waals surface area contributed by atoms with Gasteiger partial charge in [0.05, 0.1) is 55.6 Å². The predicted octanol–water partition coefficient (Wildman–Crippen LogP) is 2.06. The molecule has 0 aromatic heterocycles. The van der Waals surface area contributed by atoms with Gasteiger partial charge in [0.15, 0.2) is 0 Å². The molecular weight excluding hydrogens is 572 g/mol. The highest BCUT2D eigenvalue weighted by Gasteiger charge is 2.65. The maximum absolute atomic E-state index is 12.7. The Morgan fingerprint density at radius 3 is 2.37 bits per heavy atom. The molecule has 11 heteroatoms. The fraction of sp³-hybridized carbons (Fsp3) is 0.969. The van der Waals surface area contributed by atoms with Gasteiger partial charge in [-0.25, -0.2) is 8.42 Å². The number of hydrogen-bond donors (Lipinski definition) is 4. The minimum atomic E-state index is -4.18. The molecule has 0 aliphatic heterocycles. The number of rotatable bonds is 12. The fourth-order valence-corrected chi connectivity index (χ4v) is 10.8. The lowest BCUT2D eigenvalue weighted by atomic mass is 9.43. The summed E-state index contributed by atoms with van der Waals surface area (Å²) < 4.78 is 33.1. The molecule has 0 aromatic carbocycles. The Labute approximate surface area is 259 Å². The van der Waals surface area contributed by atoms with E-state index in [1.54, 1.807) is 0 Å². The van der Waals surface area contributed by atoms with E-state index in [0.29, 0.717) is 48.2 Å². The number of fused-ring (bicyclic) bond motifs is 5. The first-order valence-corrected chi connectivity index (χ1v) is 18.1. The Kier molecular flexibility index (Phi) is 11.8. The number of aliphatic hydroxyl groups is 3.